The zero-order valence-corrected chi connectivity index (χ0v) is 7.57. The van der Waals surface area contributed by atoms with Gasteiger partial charge in [0.05, 0.1) is 7.11 Å². The monoisotopic (exact) mass is 185 g/mol. The number of hydrogen-bond acceptors (Lipinski definition) is 5. The van der Waals surface area contributed by atoms with Crippen molar-refractivity contribution in [1.29, 1.82) is 0 Å². The highest BCUT2D eigenvalue weighted by atomic mass is 16.6. The Balaban J connectivity index is 2.37. The molecule has 1 rings (SSSR count). The highest BCUT2D eigenvalue weighted by Crippen LogP contribution is 2.12. The van der Waals surface area contributed by atoms with Gasteiger partial charge in [-0.1, -0.05) is 0 Å². The minimum Gasteiger partial charge on any atom is -0.469 e. The van der Waals surface area contributed by atoms with E-state index in [1.165, 1.54) is 7.11 Å². The van der Waals surface area contributed by atoms with Gasteiger partial charge in [-0.05, 0) is 6.42 Å². The van der Waals surface area contributed by atoms with E-state index in [9.17, 15) is 9.59 Å². The van der Waals surface area contributed by atoms with Crippen LogP contribution in [0.1, 0.15) is 19.8 Å². The molecular weight excluding hydrogens is 174 g/mol. The molecule has 0 spiro atoms. The fraction of sp³-hybridized carbons (Fsp3) is 0.625. The van der Waals surface area contributed by atoms with E-state index in [-0.39, 0.29) is 18.4 Å². The van der Waals surface area contributed by atoms with Crippen molar-refractivity contribution >= 4 is 17.8 Å². The van der Waals surface area contributed by atoms with Gasteiger partial charge in [0.15, 0.2) is 11.9 Å². The summed E-state index contributed by atoms with van der Waals surface area (Å²) in [6.45, 7) is 1.61. The third-order valence-electron chi connectivity index (χ3n) is 1.71. The van der Waals surface area contributed by atoms with Crippen LogP contribution in [0.25, 0.3) is 0 Å². The van der Waals surface area contributed by atoms with Gasteiger partial charge >= 0.3 is 11.9 Å². The van der Waals surface area contributed by atoms with Crippen molar-refractivity contribution in [3.05, 3.63) is 0 Å². The SMILES string of the molecule is COC(=O)CC[C@H]1N=C(C)OC1=O. The van der Waals surface area contributed by atoms with Crippen molar-refractivity contribution < 1.29 is 19.1 Å². The second-order valence-electron chi connectivity index (χ2n) is 2.70. The van der Waals surface area contributed by atoms with Gasteiger partial charge in [-0.15, -0.1) is 0 Å². The van der Waals surface area contributed by atoms with Crippen LogP contribution in [-0.4, -0.2) is 31.0 Å². The van der Waals surface area contributed by atoms with Crippen LogP contribution < -0.4 is 0 Å². The number of carbonyl (C=O) groups excluding carboxylic acids is 2. The van der Waals surface area contributed by atoms with Crippen molar-refractivity contribution in [3.63, 3.8) is 0 Å². The smallest absolute Gasteiger partial charge is 0.337 e. The first-order valence-electron chi connectivity index (χ1n) is 3.96. The Labute approximate surface area is 75.7 Å². The average molecular weight is 185 g/mol. The van der Waals surface area contributed by atoms with Crippen LogP contribution in [0.4, 0.5) is 0 Å². The Bertz CT molecular complexity index is 259. The molecule has 0 saturated heterocycles. The zero-order valence-electron chi connectivity index (χ0n) is 7.57. The number of rotatable bonds is 3. The molecule has 0 radical (unpaired) electrons. The van der Waals surface area contributed by atoms with Gasteiger partial charge in [0.2, 0.25) is 0 Å². The maximum Gasteiger partial charge on any atom is 0.337 e. The number of nitrogens with zero attached hydrogens (tertiary/aromatic N) is 1. The van der Waals surface area contributed by atoms with Crippen LogP contribution in [0.15, 0.2) is 4.99 Å². The van der Waals surface area contributed by atoms with Gasteiger partial charge in [0.1, 0.15) is 0 Å². The van der Waals surface area contributed by atoms with E-state index >= 15 is 0 Å². The van der Waals surface area contributed by atoms with Crippen molar-refractivity contribution in [3.8, 4) is 0 Å². The number of cyclic esters (lactones) is 1. The van der Waals surface area contributed by atoms with Gasteiger partial charge in [0, 0.05) is 13.3 Å². The van der Waals surface area contributed by atoms with Crippen molar-refractivity contribution in [2.75, 3.05) is 7.11 Å². The summed E-state index contributed by atoms with van der Waals surface area (Å²) >= 11 is 0. The predicted molar refractivity (Wildman–Crippen MR) is 44.2 cm³/mol. The molecule has 0 amide bonds. The van der Waals surface area contributed by atoms with E-state index in [0.717, 1.165) is 0 Å². The number of methoxy groups -OCH3 is 1. The van der Waals surface area contributed by atoms with Crippen LogP contribution in [0, 0.1) is 0 Å². The Morgan fingerprint density at radius 3 is 2.85 bits per heavy atom. The molecular formula is C8H11NO4. The molecule has 0 unspecified atom stereocenters. The van der Waals surface area contributed by atoms with Gasteiger partial charge in [-0.25, -0.2) is 9.79 Å². The Morgan fingerprint density at radius 1 is 1.69 bits per heavy atom. The molecule has 13 heavy (non-hydrogen) atoms. The number of carbonyl (C=O) groups is 2. The Morgan fingerprint density at radius 2 is 2.38 bits per heavy atom. The average Bonchev–Trinajstić information content (AvgIpc) is 2.41. The molecule has 5 nitrogen and oxygen atoms in total. The van der Waals surface area contributed by atoms with Crippen molar-refractivity contribution in [2.24, 2.45) is 4.99 Å². The summed E-state index contributed by atoms with van der Waals surface area (Å²) in [5.74, 6) is -0.367. The minimum atomic E-state index is -0.529. The van der Waals surface area contributed by atoms with Crippen LogP contribution in [-0.2, 0) is 19.1 Å². The topological polar surface area (TPSA) is 65.0 Å². The summed E-state index contributed by atoms with van der Waals surface area (Å²) in [5.41, 5.74) is 0. The lowest BCUT2D eigenvalue weighted by Crippen LogP contribution is -2.16. The molecule has 1 aliphatic heterocycles. The Kier molecular flexibility index (Phi) is 3.00. The molecule has 0 aromatic carbocycles. The lowest BCUT2D eigenvalue weighted by molar-refractivity contribution is -0.141. The standard InChI is InChI=1S/C8H11NO4/c1-5-9-6(8(11)13-5)3-4-7(10)12-2/h6H,3-4H2,1-2H3/t6-/m1/s1. The van der Waals surface area contributed by atoms with Crippen LogP contribution >= 0.6 is 0 Å². The summed E-state index contributed by atoms with van der Waals surface area (Å²) in [4.78, 5) is 25.6. The molecule has 0 fully saturated rings. The molecule has 0 saturated carbocycles. The number of aliphatic imine (C=N–C) groups is 1. The lowest BCUT2D eigenvalue weighted by Gasteiger charge is -2.01. The predicted octanol–water partition coefficient (Wildman–Crippen LogP) is 0.283. The molecule has 0 aliphatic carbocycles. The zero-order chi connectivity index (χ0) is 9.84. The first kappa shape index (κ1) is 9.70. The normalized spacial score (nSPS) is 20.9. The fourth-order valence-corrected chi connectivity index (χ4v) is 1.05. The van der Waals surface area contributed by atoms with E-state index < -0.39 is 6.04 Å². The van der Waals surface area contributed by atoms with Crippen LogP contribution in [0.5, 0.6) is 0 Å². The molecule has 1 atom stereocenters. The molecule has 0 bridgehead atoms. The van der Waals surface area contributed by atoms with Gasteiger partial charge in [0.25, 0.3) is 0 Å². The van der Waals surface area contributed by atoms with E-state index in [4.69, 9.17) is 4.74 Å². The second kappa shape index (κ2) is 4.02. The van der Waals surface area contributed by atoms with Crippen molar-refractivity contribution in [2.45, 2.75) is 25.8 Å². The fourth-order valence-electron chi connectivity index (χ4n) is 1.05. The van der Waals surface area contributed by atoms with Crippen LogP contribution in [0.2, 0.25) is 0 Å². The molecule has 72 valence electrons. The van der Waals surface area contributed by atoms with E-state index in [1.54, 1.807) is 6.92 Å². The highest BCUT2D eigenvalue weighted by Gasteiger charge is 2.27. The largest absolute Gasteiger partial charge is 0.469 e. The van der Waals surface area contributed by atoms with Crippen LogP contribution in [0.3, 0.4) is 0 Å². The summed E-state index contributed by atoms with van der Waals surface area (Å²) < 4.78 is 9.13. The quantitative estimate of drug-likeness (QED) is 0.592. The van der Waals surface area contributed by atoms with Gasteiger partial charge in [-0.3, -0.25) is 4.79 Å². The minimum absolute atomic E-state index is 0.188. The summed E-state index contributed by atoms with van der Waals surface area (Å²) in [5, 5.41) is 0. The highest BCUT2D eigenvalue weighted by molar-refractivity contribution is 5.96. The van der Waals surface area contributed by atoms with Gasteiger partial charge < -0.3 is 9.47 Å². The third-order valence-corrected chi connectivity index (χ3v) is 1.71. The molecule has 0 aromatic heterocycles. The van der Waals surface area contributed by atoms with E-state index in [0.29, 0.717) is 12.3 Å². The maximum atomic E-state index is 11.0. The van der Waals surface area contributed by atoms with E-state index in [1.807, 2.05) is 0 Å². The summed E-state index contributed by atoms with van der Waals surface area (Å²) in [7, 11) is 1.31. The molecule has 0 aromatic rings. The number of ether oxygens (including phenoxy) is 2. The Hall–Kier alpha value is -1.39. The molecule has 0 N–H and O–H groups in total. The van der Waals surface area contributed by atoms with Gasteiger partial charge in [-0.2, -0.15) is 0 Å². The first-order chi connectivity index (χ1) is 6.13. The summed E-state index contributed by atoms with van der Waals surface area (Å²) in [6.07, 6.45) is 0.538. The van der Waals surface area contributed by atoms with Crippen molar-refractivity contribution in [1.82, 2.24) is 0 Å². The maximum absolute atomic E-state index is 11.0. The lowest BCUT2D eigenvalue weighted by atomic mass is 10.2. The summed E-state index contributed by atoms with van der Waals surface area (Å²) in [6, 6.07) is -0.529. The number of esters is 2. The molecule has 5 heteroatoms. The second-order valence-corrected chi connectivity index (χ2v) is 2.70. The molecule has 1 aliphatic rings. The molecule has 1 heterocycles. The van der Waals surface area contributed by atoms with E-state index in [2.05, 4.69) is 9.73 Å². The third kappa shape index (κ3) is 2.54. The number of hydrogen-bond donors (Lipinski definition) is 0. The first-order valence-corrected chi connectivity index (χ1v) is 3.96.